The zero-order chi connectivity index (χ0) is 12.3. The summed E-state index contributed by atoms with van der Waals surface area (Å²) >= 11 is 6.01. The first-order chi connectivity index (χ1) is 7.43. The molecule has 0 unspecified atom stereocenters. The third-order valence-electron chi connectivity index (χ3n) is 2.41. The van der Waals surface area contributed by atoms with E-state index in [0.29, 0.717) is 16.5 Å². The van der Waals surface area contributed by atoms with Crippen molar-refractivity contribution >= 4 is 17.6 Å². The molecule has 0 radical (unpaired) electrons. The molecule has 0 fully saturated rings. The number of hydrogen-bond acceptors (Lipinski definition) is 4. The van der Waals surface area contributed by atoms with E-state index in [9.17, 15) is 4.79 Å². The molecule has 0 bridgehead atoms. The topological polar surface area (TPSA) is 48.4 Å². The predicted molar refractivity (Wildman–Crippen MR) is 60.8 cm³/mol. The van der Waals surface area contributed by atoms with E-state index in [4.69, 9.17) is 21.1 Å². The Morgan fingerprint density at radius 1 is 1.44 bits per heavy atom. The average Bonchev–Trinajstić information content (AvgIpc) is 2.28. The first kappa shape index (κ1) is 12.8. The molecule has 4 nitrogen and oxygen atoms in total. The number of carbonyl (C=O) groups excluding carboxylic acids is 1. The molecule has 0 saturated heterocycles. The van der Waals surface area contributed by atoms with Crippen molar-refractivity contribution in [3.63, 3.8) is 0 Å². The number of ether oxygens (including phenoxy) is 2. The Morgan fingerprint density at radius 3 is 2.56 bits per heavy atom. The maximum atomic E-state index is 11.6. The van der Waals surface area contributed by atoms with E-state index < -0.39 is 5.41 Å². The Balaban J connectivity index is 3.25. The second kappa shape index (κ2) is 4.70. The van der Waals surface area contributed by atoms with Gasteiger partial charge < -0.3 is 9.47 Å². The van der Waals surface area contributed by atoms with Crippen LogP contribution in [0.4, 0.5) is 0 Å². The van der Waals surface area contributed by atoms with Crippen LogP contribution in [0.1, 0.15) is 19.4 Å². The van der Waals surface area contributed by atoms with E-state index in [0.717, 1.165) is 0 Å². The van der Waals surface area contributed by atoms with Gasteiger partial charge in [-0.25, -0.2) is 4.98 Å². The van der Waals surface area contributed by atoms with Gasteiger partial charge in [0, 0.05) is 12.3 Å². The molecule has 0 atom stereocenters. The normalized spacial score (nSPS) is 11.1. The second-order valence-corrected chi connectivity index (χ2v) is 4.23. The number of methoxy groups -OCH3 is 2. The fraction of sp³-hybridized carbons (Fsp3) is 0.455. The molecule has 1 rings (SSSR count). The molecule has 0 aliphatic heterocycles. The van der Waals surface area contributed by atoms with Crippen molar-refractivity contribution in [3.8, 4) is 5.88 Å². The summed E-state index contributed by atoms with van der Waals surface area (Å²) in [7, 11) is 2.85. The molecule has 0 aromatic carbocycles. The number of aromatic nitrogens is 1. The molecule has 0 spiro atoms. The van der Waals surface area contributed by atoms with Gasteiger partial charge in [-0.05, 0) is 19.4 Å². The van der Waals surface area contributed by atoms with Gasteiger partial charge in [-0.15, -0.1) is 0 Å². The van der Waals surface area contributed by atoms with Gasteiger partial charge in [-0.1, -0.05) is 11.6 Å². The SMILES string of the molecule is COC(=O)C(C)(C)c1cc(OC)ncc1Cl. The molecule has 0 amide bonds. The minimum Gasteiger partial charge on any atom is -0.481 e. The van der Waals surface area contributed by atoms with Crippen LogP contribution >= 0.6 is 11.6 Å². The monoisotopic (exact) mass is 243 g/mol. The Hall–Kier alpha value is -1.29. The van der Waals surface area contributed by atoms with Crippen molar-refractivity contribution in [1.82, 2.24) is 4.98 Å². The molecule has 5 heteroatoms. The predicted octanol–water partition coefficient (Wildman–Crippen LogP) is 2.19. The van der Waals surface area contributed by atoms with E-state index in [1.165, 1.54) is 20.4 Å². The smallest absolute Gasteiger partial charge is 0.315 e. The first-order valence-electron chi connectivity index (χ1n) is 4.72. The van der Waals surface area contributed by atoms with Crippen LogP contribution in [0, 0.1) is 0 Å². The molecule has 1 aromatic rings. The van der Waals surface area contributed by atoms with Crippen LogP contribution in [0.25, 0.3) is 0 Å². The van der Waals surface area contributed by atoms with Gasteiger partial charge in [0.25, 0.3) is 0 Å². The highest BCUT2D eigenvalue weighted by molar-refractivity contribution is 6.31. The summed E-state index contributed by atoms with van der Waals surface area (Å²) in [5.74, 6) is 0.0547. The van der Waals surface area contributed by atoms with Crippen LogP contribution in [-0.2, 0) is 14.9 Å². The Kier molecular flexibility index (Phi) is 3.75. The summed E-state index contributed by atoms with van der Waals surface area (Å²) in [5.41, 5.74) is -0.199. The number of nitrogens with zero attached hydrogens (tertiary/aromatic N) is 1. The van der Waals surface area contributed by atoms with Crippen LogP contribution in [0.3, 0.4) is 0 Å². The van der Waals surface area contributed by atoms with Gasteiger partial charge >= 0.3 is 5.97 Å². The van der Waals surface area contributed by atoms with Crippen LogP contribution < -0.4 is 4.74 Å². The maximum Gasteiger partial charge on any atom is 0.315 e. The summed E-state index contributed by atoms with van der Waals surface area (Å²) in [5, 5.41) is 0.413. The number of pyridine rings is 1. The number of carbonyl (C=O) groups is 1. The highest BCUT2D eigenvalue weighted by Gasteiger charge is 2.33. The lowest BCUT2D eigenvalue weighted by molar-refractivity contribution is -0.146. The largest absolute Gasteiger partial charge is 0.481 e. The number of esters is 1. The molecule has 16 heavy (non-hydrogen) atoms. The van der Waals surface area contributed by atoms with E-state index in [1.54, 1.807) is 19.9 Å². The molecular formula is C11H14ClNO3. The maximum absolute atomic E-state index is 11.6. The molecule has 0 saturated carbocycles. The minimum atomic E-state index is -0.831. The van der Waals surface area contributed by atoms with Gasteiger partial charge in [0.05, 0.1) is 24.7 Å². The zero-order valence-electron chi connectivity index (χ0n) is 9.70. The lowest BCUT2D eigenvalue weighted by Gasteiger charge is -2.23. The first-order valence-corrected chi connectivity index (χ1v) is 5.09. The van der Waals surface area contributed by atoms with Crippen LogP contribution in [0.15, 0.2) is 12.3 Å². The van der Waals surface area contributed by atoms with Crippen LogP contribution in [0.2, 0.25) is 5.02 Å². The van der Waals surface area contributed by atoms with E-state index in [2.05, 4.69) is 4.98 Å². The molecule has 1 aromatic heterocycles. The molecule has 1 heterocycles. The Bertz CT molecular complexity index is 404. The number of halogens is 1. The minimum absolute atomic E-state index is 0.359. The summed E-state index contributed by atoms with van der Waals surface area (Å²) in [6, 6.07) is 1.64. The molecular weight excluding hydrogens is 230 g/mol. The molecule has 0 N–H and O–H groups in total. The Morgan fingerprint density at radius 2 is 2.06 bits per heavy atom. The van der Waals surface area contributed by atoms with Gasteiger partial charge in [0.1, 0.15) is 0 Å². The fourth-order valence-electron chi connectivity index (χ4n) is 1.38. The number of hydrogen-bond donors (Lipinski definition) is 0. The van der Waals surface area contributed by atoms with Crippen molar-refractivity contribution in [3.05, 3.63) is 22.8 Å². The molecule has 0 aliphatic carbocycles. The lowest BCUT2D eigenvalue weighted by Crippen LogP contribution is -2.30. The quantitative estimate of drug-likeness (QED) is 0.764. The average molecular weight is 244 g/mol. The van der Waals surface area contributed by atoms with Crippen LogP contribution in [-0.4, -0.2) is 25.2 Å². The van der Waals surface area contributed by atoms with Crippen LogP contribution in [0.5, 0.6) is 5.88 Å². The van der Waals surface area contributed by atoms with Gasteiger partial charge in [-0.3, -0.25) is 4.79 Å². The third-order valence-corrected chi connectivity index (χ3v) is 2.71. The van der Waals surface area contributed by atoms with E-state index >= 15 is 0 Å². The van der Waals surface area contributed by atoms with Crippen molar-refractivity contribution in [2.75, 3.05) is 14.2 Å². The summed E-state index contributed by atoms with van der Waals surface area (Å²) in [4.78, 5) is 15.6. The standard InChI is InChI=1S/C11H14ClNO3/c1-11(2,10(14)16-4)7-5-9(15-3)13-6-8(7)12/h5-6H,1-4H3. The van der Waals surface area contributed by atoms with E-state index in [1.807, 2.05) is 0 Å². The van der Waals surface area contributed by atoms with Crippen molar-refractivity contribution in [1.29, 1.82) is 0 Å². The van der Waals surface area contributed by atoms with Gasteiger partial charge in [0.15, 0.2) is 0 Å². The van der Waals surface area contributed by atoms with Crippen molar-refractivity contribution < 1.29 is 14.3 Å². The highest BCUT2D eigenvalue weighted by atomic mass is 35.5. The fourth-order valence-corrected chi connectivity index (χ4v) is 1.71. The highest BCUT2D eigenvalue weighted by Crippen LogP contribution is 2.32. The Labute approximate surface area is 99.5 Å². The van der Waals surface area contributed by atoms with Crippen molar-refractivity contribution in [2.24, 2.45) is 0 Å². The van der Waals surface area contributed by atoms with Gasteiger partial charge in [-0.2, -0.15) is 0 Å². The third kappa shape index (κ3) is 2.27. The second-order valence-electron chi connectivity index (χ2n) is 3.82. The summed E-state index contributed by atoms with van der Waals surface area (Å²) in [6.45, 7) is 3.47. The molecule has 0 aliphatic rings. The van der Waals surface area contributed by atoms with Gasteiger partial charge in [0.2, 0.25) is 5.88 Å². The molecule has 88 valence electrons. The summed E-state index contributed by atoms with van der Waals surface area (Å²) in [6.07, 6.45) is 1.46. The lowest BCUT2D eigenvalue weighted by atomic mass is 9.85. The zero-order valence-corrected chi connectivity index (χ0v) is 10.5. The van der Waals surface area contributed by atoms with E-state index in [-0.39, 0.29) is 5.97 Å². The summed E-state index contributed by atoms with van der Waals surface area (Å²) < 4.78 is 9.74. The number of rotatable bonds is 3. The van der Waals surface area contributed by atoms with Crippen molar-refractivity contribution in [2.45, 2.75) is 19.3 Å².